The summed E-state index contributed by atoms with van der Waals surface area (Å²) in [6, 6.07) is 18.8. The fourth-order valence-electron chi connectivity index (χ4n) is 5.36. The standard InChI is InChI=1S/C25H20FN3O4/c1-28-14-19(16-8-5-9-18(12-16)29(32)33)22(23(30)15-6-3-2-4-7-15)25(28)20-13-17(26)10-11-21(20)27-24(25)31/h2-13,19,22H,14H2,1H3,(H,27,31). The van der Waals surface area contributed by atoms with E-state index in [4.69, 9.17) is 0 Å². The summed E-state index contributed by atoms with van der Waals surface area (Å²) in [6.07, 6.45) is 0. The molecule has 3 atom stereocenters. The van der Waals surface area contributed by atoms with Crippen molar-refractivity contribution in [1.29, 1.82) is 0 Å². The first kappa shape index (κ1) is 21.0. The van der Waals surface area contributed by atoms with Crippen molar-refractivity contribution in [3.05, 3.63) is 105 Å². The lowest BCUT2D eigenvalue weighted by atomic mass is 9.70. The van der Waals surface area contributed by atoms with Gasteiger partial charge >= 0.3 is 0 Å². The monoisotopic (exact) mass is 445 g/mol. The highest BCUT2D eigenvalue weighted by Crippen LogP contribution is 2.55. The van der Waals surface area contributed by atoms with Crippen LogP contribution in [0.15, 0.2) is 72.8 Å². The average molecular weight is 445 g/mol. The number of nitro benzene ring substituents is 1. The van der Waals surface area contributed by atoms with Crippen LogP contribution in [0.3, 0.4) is 0 Å². The number of carbonyl (C=O) groups is 2. The number of carbonyl (C=O) groups excluding carboxylic acids is 2. The fraction of sp³-hybridized carbons (Fsp3) is 0.200. The molecule has 1 amide bonds. The molecule has 1 fully saturated rings. The Morgan fingerprint density at radius 2 is 1.88 bits per heavy atom. The minimum atomic E-state index is -1.44. The van der Waals surface area contributed by atoms with Gasteiger partial charge in [-0.2, -0.15) is 0 Å². The highest BCUT2D eigenvalue weighted by molar-refractivity contribution is 6.12. The molecule has 2 aliphatic heterocycles. The van der Waals surface area contributed by atoms with E-state index in [0.29, 0.717) is 22.4 Å². The molecule has 1 N–H and O–H groups in total. The Balaban J connectivity index is 1.74. The molecule has 0 aromatic heterocycles. The Kier molecular flexibility index (Phi) is 4.83. The van der Waals surface area contributed by atoms with E-state index in [-0.39, 0.29) is 18.0 Å². The van der Waals surface area contributed by atoms with Crippen LogP contribution in [-0.2, 0) is 10.3 Å². The number of hydrogen-bond acceptors (Lipinski definition) is 5. The first-order valence-corrected chi connectivity index (χ1v) is 10.5. The van der Waals surface area contributed by atoms with E-state index in [2.05, 4.69) is 5.32 Å². The molecule has 3 aromatic rings. The number of halogens is 1. The van der Waals surface area contributed by atoms with Crippen LogP contribution in [0.4, 0.5) is 15.8 Å². The number of likely N-dealkylation sites (tertiary alicyclic amines) is 1. The molecule has 0 radical (unpaired) electrons. The third-order valence-corrected chi connectivity index (χ3v) is 6.76. The van der Waals surface area contributed by atoms with Gasteiger partial charge in [-0.05, 0) is 30.8 Å². The second-order valence-corrected chi connectivity index (χ2v) is 8.46. The van der Waals surface area contributed by atoms with Gasteiger partial charge in [0.1, 0.15) is 11.4 Å². The highest BCUT2D eigenvalue weighted by Gasteiger charge is 2.64. The third kappa shape index (κ3) is 3.06. The van der Waals surface area contributed by atoms with E-state index in [1.165, 1.54) is 30.3 Å². The summed E-state index contributed by atoms with van der Waals surface area (Å²) in [7, 11) is 1.72. The van der Waals surface area contributed by atoms with E-state index >= 15 is 0 Å². The molecule has 2 aliphatic rings. The zero-order chi connectivity index (χ0) is 23.3. The summed E-state index contributed by atoms with van der Waals surface area (Å²) in [6.45, 7) is 0.285. The summed E-state index contributed by atoms with van der Waals surface area (Å²) in [5, 5.41) is 14.2. The van der Waals surface area contributed by atoms with Crippen LogP contribution < -0.4 is 5.32 Å². The van der Waals surface area contributed by atoms with E-state index in [1.54, 1.807) is 54.4 Å². The Morgan fingerprint density at radius 1 is 1.12 bits per heavy atom. The molecular formula is C25H20FN3O4. The predicted octanol–water partition coefficient (Wildman–Crippen LogP) is 4.11. The van der Waals surface area contributed by atoms with Gasteiger partial charge in [-0.3, -0.25) is 24.6 Å². The van der Waals surface area contributed by atoms with Crippen molar-refractivity contribution in [3.63, 3.8) is 0 Å². The number of rotatable bonds is 4. The number of amides is 1. The highest BCUT2D eigenvalue weighted by atomic mass is 19.1. The van der Waals surface area contributed by atoms with Gasteiger partial charge < -0.3 is 5.32 Å². The molecule has 0 bridgehead atoms. The van der Waals surface area contributed by atoms with Crippen molar-refractivity contribution in [2.75, 3.05) is 18.9 Å². The number of nitrogens with one attached hydrogen (secondary N) is 1. The minimum Gasteiger partial charge on any atom is -0.324 e. The number of ketones is 1. The molecule has 8 heteroatoms. The summed E-state index contributed by atoms with van der Waals surface area (Å²) in [4.78, 5) is 40.2. The lowest BCUT2D eigenvalue weighted by molar-refractivity contribution is -0.384. The van der Waals surface area contributed by atoms with Crippen LogP contribution in [0, 0.1) is 21.8 Å². The Hall–Kier alpha value is -3.91. The number of nitro groups is 1. The molecule has 1 saturated heterocycles. The van der Waals surface area contributed by atoms with Crippen molar-refractivity contribution in [2.24, 2.45) is 5.92 Å². The molecule has 5 rings (SSSR count). The number of nitrogens with zero attached hydrogens (tertiary/aromatic N) is 2. The number of Topliss-reactive ketones (excluding diaryl/α,β-unsaturated/α-hetero) is 1. The lowest BCUT2D eigenvalue weighted by Crippen LogP contribution is -2.51. The quantitative estimate of drug-likeness (QED) is 0.371. The number of benzene rings is 3. The zero-order valence-electron chi connectivity index (χ0n) is 17.7. The van der Waals surface area contributed by atoms with Gasteiger partial charge in [0.05, 0.1) is 10.8 Å². The Morgan fingerprint density at radius 3 is 2.61 bits per heavy atom. The number of fused-ring (bicyclic) bond motifs is 2. The topological polar surface area (TPSA) is 92.5 Å². The van der Waals surface area contributed by atoms with E-state index in [1.807, 2.05) is 0 Å². The number of likely N-dealkylation sites (N-methyl/N-ethyl adjacent to an activating group) is 1. The van der Waals surface area contributed by atoms with Crippen molar-refractivity contribution in [3.8, 4) is 0 Å². The van der Waals surface area contributed by atoms with Crippen LogP contribution in [-0.4, -0.2) is 35.1 Å². The van der Waals surface area contributed by atoms with Gasteiger partial charge in [-0.15, -0.1) is 0 Å². The molecule has 7 nitrogen and oxygen atoms in total. The van der Waals surface area contributed by atoms with E-state index in [0.717, 1.165) is 0 Å². The van der Waals surface area contributed by atoms with Crippen LogP contribution in [0.2, 0.25) is 0 Å². The molecule has 1 spiro atoms. The maximum atomic E-state index is 14.3. The Labute approximate surface area is 189 Å². The fourth-order valence-corrected chi connectivity index (χ4v) is 5.36. The summed E-state index contributed by atoms with van der Waals surface area (Å²) in [5.41, 5.74) is 0.324. The molecular weight excluding hydrogens is 425 g/mol. The lowest BCUT2D eigenvalue weighted by Gasteiger charge is -2.35. The van der Waals surface area contributed by atoms with Crippen LogP contribution in [0.25, 0.3) is 0 Å². The van der Waals surface area contributed by atoms with Crippen LogP contribution >= 0.6 is 0 Å². The summed E-state index contributed by atoms with van der Waals surface area (Å²) in [5.74, 6) is -2.64. The Bertz CT molecular complexity index is 1300. The number of hydrogen-bond donors (Lipinski definition) is 1. The van der Waals surface area contributed by atoms with Gasteiger partial charge in [-0.1, -0.05) is 42.5 Å². The third-order valence-electron chi connectivity index (χ3n) is 6.76. The first-order valence-electron chi connectivity index (χ1n) is 10.5. The normalized spacial score (nSPS) is 24.0. The van der Waals surface area contributed by atoms with Crippen molar-refractivity contribution >= 4 is 23.1 Å². The molecule has 3 unspecified atom stereocenters. The van der Waals surface area contributed by atoms with E-state index in [9.17, 15) is 24.1 Å². The van der Waals surface area contributed by atoms with Gasteiger partial charge in [0.2, 0.25) is 5.91 Å². The van der Waals surface area contributed by atoms with Gasteiger partial charge in [0.25, 0.3) is 5.69 Å². The molecule has 0 saturated carbocycles. The molecule has 0 aliphatic carbocycles. The first-order chi connectivity index (χ1) is 15.8. The average Bonchev–Trinajstić information content (AvgIpc) is 3.29. The molecule has 166 valence electrons. The van der Waals surface area contributed by atoms with Crippen molar-refractivity contribution in [2.45, 2.75) is 11.5 Å². The second-order valence-electron chi connectivity index (χ2n) is 8.46. The number of anilines is 1. The smallest absolute Gasteiger partial charge is 0.269 e. The van der Waals surface area contributed by atoms with Crippen LogP contribution in [0.1, 0.15) is 27.4 Å². The van der Waals surface area contributed by atoms with E-state index < -0.39 is 34.0 Å². The van der Waals surface area contributed by atoms with Gasteiger partial charge in [0, 0.05) is 41.4 Å². The largest absolute Gasteiger partial charge is 0.324 e. The maximum Gasteiger partial charge on any atom is 0.269 e. The van der Waals surface area contributed by atoms with Gasteiger partial charge in [0.15, 0.2) is 5.78 Å². The predicted molar refractivity (Wildman–Crippen MR) is 119 cm³/mol. The zero-order valence-corrected chi connectivity index (χ0v) is 17.7. The van der Waals surface area contributed by atoms with Crippen LogP contribution in [0.5, 0.6) is 0 Å². The van der Waals surface area contributed by atoms with Crippen molar-refractivity contribution < 1.29 is 18.9 Å². The SMILES string of the molecule is CN1CC(c2cccc([N+](=O)[O-])c2)C(C(=O)c2ccccc2)C12C(=O)Nc1ccc(F)cc12. The molecule has 3 aromatic carbocycles. The summed E-state index contributed by atoms with van der Waals surface area (Å²) >= 11 is 0. The second kappa shape index (κ2) is 7.60. The minimum absolute atomic E-state index is 0.0932. The maximum absolute atomic E-state index is 14.3. The number of non-ortho nitro benzene ring substituents is 1. The molecule has 33 heavy (non-hydrogen) atoms. The summed E-state index contributed by atoms with van der Waals surface area (Å²) < 4.78 is 14.3. The molecule has 2 heterocycles. The van der Waals surface area contributed by atoms with Crippen molar-refractivity contribution in [1.82, 2.24) is 4.90 Å². The van der Waals surface area contributed by atoms with Gasteiger partial charge in [-0.25, -0.2) is 4.39 Å².